The molecule has 11 heteroatoms. The molecule has 0 N–H and O–H groups in total. The SMILES string of the molecule is CCOC(=O)CN(CCOC)C(=O)CCc1nc2cc(S(=O)(=O)N(CC)CC)ccc2n1CC. The van der Waals surface area contributed by atoms with Gasteiger partial charge < -0.3 is 18.9 Å². The van der Waals surface area contributed by atoms with Gasteiger partial charge >= 0.3 is 5.97 Å². The fourth-order valence-corrected chi connectivity index (χ4v) is 5.29. The van der Waals surface area contributed by atoms with Crippen LogP contribution < -0.4 is 0 Å². The van der Waals surface area contributed by atoms with E-state index >= 15 is 0 Å². The van der Waals surface area contributed by atoms with Crippen LogP contribution in [0, 0.1) is 0 Å². The molecule has 0 fully saturated rings. The van der Waals surface area contributed by atoms with Crippen LogP contribution in [0.25, 0.3) is 11.0 Å². The first-order chi connectivity index (χ1) is 16.2. The van der Waals surface area contributed by atoms with Crippen LogP contribution in [0.15, 0.2) is 23.1 Å². The lowest BCUT2D eigenvalue weighted by Gasteiger charge is -2.21. The van der Waals surface area contributed by atoms with E-state index in [-0.39, 0.29) is 36.9 Å². The number of imidazole rings is 1. The number of aromatic nitrogens is 2. The van der Waals surface area contributed by atoms with Crippen molar-refractivity contribution in [2.75, 3.05) is 46.5 Å². The summed E-state index contributed by atoms with van der Waals surface area (Å²) in [6, 6.07) is 4.95. The number of rotatable bonds is 14. The first-order valence-electron chi connectivity index (χ1n) is 11.6. The predicted octanol–water partition coefficient (Wildman–Crippen LogP) is 2.06. The molecule has 1 heterocycles. The van der Waals surface area contributed by atoms with Crippen LogP contribution in [0.4, 0.5) is 0 Å². The number of benzene rings is 1. The second kappa shape index (κ2) is 12.8. The molecule has 0 aliphatic heterocycles. The minimum Gasteiger partial charge on any atom is -0.465 e. The molecule has 10 nitrogen and oxygen atoms in total. The molecular formula is C23H36N4O6S. The van der Waals surface area contributed by atoms with Crippen LogP contribution >= 0.6 is 0 Å². The topological polar surface area (TPSA) is 111 Å². The van der Waals surface area contributed by atoms with Gasteiger partial charge in [-0.1, -0.05) is 13.8 Å². The molecule has 0 atom stereocenters. The molecule has 0 aliphatic carbocycles. The van der Waals surface area contributed by atoms with E-state index in [0.717, 1.165) is 5.52 Å². The van der Waals surface area contributed by atoms with Gasteiger partial charge in [-0.15, -0.1) is 0 Å². The van der Waals surface area contributed by atoms with E-state index in [2.05, 4.69) is 4.98 Å². The maximum Gasteiger partial charge on any atom is 0.325 e. The van der Waals surface area contributed by atoms with Gasteiger partial charge in [0.05, 0.1) is 29.1 Å². The number of esters is 1. The van der Waals surface area contributed by atoms with E-state index in [1.54, 1.807) is 39.0 Å². The van der Waals surface area contributed by atoms with Crippen LogP contribution in [0.3, 0.4) is 0 Å². The summed E-state index contributed by atoms with van der Waals surface area (Å²) in [7, 11) is -2.06. The van der Waals surface area contributed by atoms with E-state index in [9.17, 15) is 18.0 Å². The number of methoxy groups -OCH3 is 1. The average Bonchev–Trinajstić information content (AvgIpc) is 3.17. The zero-order valence-corrected chi connectivity index (χ0v) is 21.6. The first-order valence-corrected chi connectivity index (χ1v) is 13.1. The molecule has 0 spiro atoms. The Morgan fingerprint density at radius 3 is 2.41 bits per heavy atom. The molecule has 1 aromatic heterocycles. The van der Waals surface area contributed by atoms with Gasteiger partial charge in [-0.2, -0.15) is 4.31 Å². The van der Waals surface area contributed by atoms with Gasteiger partial charge in [0.15, 0.2) is 0 Å². The standard InChI is InChI=1S/C23H36N4O6S/c1-6-26(7-2)34(30,31)18-10-11-20-19(16-18)24-21(27(20)8-3)12-13-22(28)25(14-15-32-5)17-23(29)33-9-4/h10-11,16H,6-9,12-15,17H2,1-5H3. The zero-order valence-electron chi connectivity index (χ0n) is 20.7. The van der Waals surface area contributed by atoms with Gasteiger partial charge in [0.25, 0.3) is 0 Å². The van der Waals surface area contributed by atoms with Crippen molar-refractivity contribution >= 4 is 32.9 Å². The van der Waals surface area contributed by atoms with Crippen LogP contribution in [-0.2, 0) is 42.1 Å². The van der Waals surface area contributed by atoms with Crippen molar-refractivity contribution < 1.29 is 27.5 Å². The van der Waals surface area contributed by atoms with Gasteiger partial charge in [-0.05, 0) is 32.0 Å². The summed E-state index contributed by atoms with van der Waals surface area (Å²) < 4.78 is 39.2. The smallest absolute Gasteiger partial charge is 0.325 e. The molecule has 0 saturated carbocycles. The molecule has 0 radical (unpaired) electrons. The Morgan fingerprint density at radius 1 is 1.12 bits per heavy atom. The summed E-state index contributed by atoms with van der Waals surface area (Å²) in [6.45, 7) is 9.40. The van der Waals surface area contributed by atoms with Gasteiger partial charge in [-0.3, -0.25) is 9.59 Å². The van der Waals surface area contributed by atoms with Crippen LogP contribution in [0.2, 0.25) is 0 Å². The number of carbonyl (C=O) groups excluding carboxylic acids is 2. The molecule has 1 amide bonds. The van der Waals surface area contributed by atoms with Crippen molar-refractivity contribution in [3.05, 3.63) is 24.0 Å². The second-order valence-corrected chi connectivity index (χ2v) is 9.56. The molecule has 190 valence electrons. The Balaban J connectivity index is 2.26. The molecule has 34 heavy (non-hydrogen) atoms. The lowest BCUT2D eigenvalue weighted by atomic mass is 10.2. The summed E-state index contributed by atoms with van der Waals surface area (Å²) in [6.07, 6.45) is 0.503. The summed E-state index contributed by atoms with van der Waals surface area (Å²) >= 11 is 0. The highest BCUT2D eigenvalue weighted by atomic mass is 32.2. The van der Waals surface area contributed by atoms with Gasteiger partial charge in [0, 0.05) is 46.1 Å². The quantitative estimate of drug-likeness (QED) is 0.368. The van der Waals surface area contributed by atoms with Gasteiger partial charge in [0.2, 0.25) is 15.9 Å². The fourth-order valence-electron chi connectivity index (χ4n) is 3.81. The van der Waals surface area contributed by atoms with E-state index in [4.69, 9.17) is 9.47 Å². The Labute approximate surface area is 201 Å². The van der Waals surface area contributed by atoms with Crippen LogP contribution in [-0.4, -0.2) is 85.6 Å². The molecule has 2 rings (SSSR count). The number of carbonyl (C=O) groups is 2. The van der Waals surface area contributed by atoms with E-state index < -0.39 is 16.0 Å². The van der Waals surface area contributed by atoms with Crippen LogP contribution in [0.1, 0.15) is 39.9 Å². The Morgan fingerprint density at radius 2 is 1.82 bits per heavy atom. The number of fused-ring (bicyclic) bond motifs is 1. The Kier molecular flexibility index (Phi) is 10.5. The number of hydrogen-bond acceptors (Lipinski definition) is 7. The molecule has 0 aliphatic rings. The highest BCUT2D eigenvalue weighted by Gasteiger charge is 2.23. The fraction of sp³-hybridized carbons (Fsp3) is 0.609. The van der Waals surface area contributed by atoms with Crippen molar-refractivity contribution in [1.29, 1.82) is 0 Å². The lowest BCUT2D eigenvalue weighted by molar-refractivity contribution is -0.149. The summed E-state index contributed by atoms with van der Waals surface area (Å²) in [5, 5.41) is 0. The third-order valence-corrected chi connectivity index (χ3v) is 7.61. The largest absolute Gasteiger partial charge is 0.465 e. The molecule has 2 aromatic rings. The molecule has 0 unspecified atom stereocenters. The van der Waals surface area contributed by atoms with Gasteiger partial charge in [-0.25, -0.2) is 13.4 Å². The number of nitrogens with zero attached hydrogens (tertiary/aromatic N) is 4. The minimum atomic E-state index is -3.60. The number of aryl methyl sites for hydroxylation is 2. The normalized spacial score (nSPS) is 11.8. The average molecular weight is 497 g/mol. The Hall–Kier alpha value is -2.50. The van der Waals surface area contributed by atoms with Crippen molar-refractivity contribution in [1.82, 2.24) is 18.8 Å². The second-order valence-electron chi connectivity index (χ2n) is 7.63. The third kappa shape index (κ3) is 6.55. The van der Waals surface area contributed by atoms with Gasteiger partial charge in [0.1, 0.15) is 12.4 Å². The monoisotopic (exact) mass is 496 g/mol. The maximum absolute atomic E-state index is 12.9. The van der Waals surface area contributed by atoms with Crippen molar-refractivity contribution in [3.8, 4) is 0 Å². The van der Waals surface area contributed by atoms with E-state index in [0.29, 0.717) is 44.0 Å². The van der Waals surface area contributed by atoms with E-state index in [1.165, 1.54) is 16.3 Å². The number of ether oxygens (including phenoxy) is 2. The molecule has 0 saturated heterocycles. The van der Waals surface area contributed by atoms with E-state index in [1.807, 2.05) is 11.5 Å². The Bertz CT molecular complexity index is 1080. The van der Waals surface area contributed by atoms with Crippen molar-refractivity contribution in [2.24, 2.45) is 0 Å². The number of amides is 1. The zero-order chi connectivity index (χ0) is 25.3. The molecular weight excluding hydrogens is 460 g/mol. The number of sulfonamides is 1. The molecule has 0 bridgehead atoms. The van der Waals surface area contributed by atoms with Crippen LogP contribution in [0.5, 0.6) is 0 Å². The van der Waals surface area contributed by atoms with Crippen molar-refractivity contribution in [3.63, 3.8) is 0 Å². The maximum atomic E-state index is 12.9. The highest BCUT2D eigenvalue weighted by Crippen LogP contribution is 2.23. The third-order valence-electron chi connectivity index (χ3n) is 5.56. The first kappa shape index (κ1) is 27.7. The molecule has 1 aromatic carbocycles. The number of hydrogen-bond donors (Lipinski definition) is 0. The lowest BCUT2D eigenvalue weighted by Crippen LogP contribution is -2.38. The summed E-state index contributed by atoms with van der Waals surface area (Å²) in [5.41, 5.74) is 1.38. The van der Waals surface area contributed by atoms with Crippen molar-refractivity contribution in [2.45, 2.75) is 52.0 Å². The minimum absolute atomic E-state index is 0.132. The summed E-state index contributed by atoms with van der Waals surface area (Å²) in [4.78, 5) is 31.0. The summed E-state index contributed by atoms with van der Waals surface area (Å²) in [5.74, 6) is 0.0189. The predicted molar refractivity (Wildman–Crippen MR) is 129 cm³/mol. The highest BCUT2D eigenvalue weighted by molar-refractivity contribution is 7.89.